The lowest BCUT2D eigenvalue weighted by Crippen LogP contribution is -2.20. The number of fused-ring (bicyclic) bond motifs is 2. The molecule has 0 N–H and O–H groups in total. The van der Waals surface area contributed by atoms with E-state index in [1.807, 2.05) is 18.2 Å². The summed E-state index contributed by atoms with van der Waals surface area (Å²) in [5.74, 6) is 0.837. The molecular formula is C30H17BrCl2N4O5. The number of para-hydroxylation sites is 1. The second-order valence-corrected chi connectivity index (χ2v) is 10.9. The van der Waals surface area contributed by atoms with Crippen LogP contribution in [0.25, 0.3) is 33.5 Å². The van der Waals surface area contributed by atoms with E-state index < -0.39 is 4.92 Å². The van der Waals surface area contributed by atoms with Crippen molar-refractivity contribution in [1.82, 2.24) is 9.66 Å². The van der Waals surface area contributed by atoms with Crippen molar-refractivity contribution in [3.63, 3.8) is 0 Å². The maximum Gasteiger partial charge on any atom is 0.282 e. The van der Waals surface area contributed by atoms with E-state index in [1.165, 1.54) is 23.0 Å². The van der Waals surface area contributed by atoms with Crippen LogP contribution < -0.4 is 10.3 Å². The van der Waals surface area contributed by atoms with Gasteiger partial charge in [-0.3, -0.25) is 14.9 Å². The number of nitro groups is 1. The second kappa shape index (κ2) is 11.4. The molecule has 0 amide bonds. The number of nitro benzene ring substituents is 1. The SMILES string of the molecule is O=c1c2ccccc2nc(-c2cc3cc(Br)ccc3o2)n1N=Cc1cc(Cl)c(OCc2ccc([N+](=O)[O-])cc2)c(Cl)c1. The number of nitrogens with zero attached hydrogens (tertiary/aromatic N) is 4. The smallest absolute Gasteiger partial charge is 0.282 e. The van der Waals surface area contributed by atoms with Crippen LogP contribution in [-0.2, 0) is 6.61 Å². The van der Waals surface area contributed by atoms with E-state index in [9.17, 15) is 14.9 Å². The number of hydrogen-bond acceptors (Lipinski definition) is 7. The van der Waals surface area contributed by atoms with E-state index in [0.29, 0.717) is 33.4 Å². The summed E-state index contributed by atoms with van der Waals surface area (Å²) in [4.78, 5) is 28.6. The Morgan fingerprint density at radius 1 is 1.02 bits per heavy atom. The molecule has 0 unspecified atom stereocenters. The first-order valence-corrected chi connectivity index (χ1v) is 13.9. The quantitative estimate of drug-likeness (QED) is 0.0966. The van der Waals surface area contributed by atoms with Gasteiger partial charge in [0.25, 0.3) is 11.2 Å². The van der Waals surface area contributed by atoms with Crippen molar-refractivity contribution in [3.8, 4) is 17.3 Å². The van der Waals surface area contributed by atoms with E-state index in [2.05, 4.69) is 26.0 Å². The predicted octanol–water partition coefficient (Wildman–Crippen LogP) is 8.25. The van der Waals surface area contributed by atoms with E-state index >= 15 is 0 Å². The van der Waals surface area contributed by atoms with E-state index in [-0.39, 0.29) is 39.5 Å². The molecule has 0 fully saturated rings. The fraction of sp³-hybridized carbons (Fsp3) is 0.0333. The molecule has 0 spiro atoms. The molecule has 0 atom stereocenters. The Morgan fingerprint density at radius 3 is 2.50 bits per heavy atom. The highest BCUT2D eigenvalue weighted by Gasteiger charge is 2.17. The highest BCUT2D eigenvalue weighted by molar-refractivity contribution is 9.10. The number of rotatable bonds is 7. The van der Waals surface area contributed by atoms with Gasteiger partial charge in [-0.15, -0.1) is 0 Å². The number of aromatic nitrogens is 2. The van der Waals surface area contributed by atoms with Gasteiger partial charge in [0.05, 0.1) is 32.1 Å². The third-order valence-corrected chi connectivity index (χ3v) is 7.38. The van der Waals surface area contributed by atoms with Crippen molar-refractivity contribution in [2.75, 3.05) is 0 Å². The zero-order valence-corrected chi connectivity index (χ0v) is 24.4. The number of halogens is 3. The molecule has 2 aromatic heterocycles. The van der Waals surface area contributed by atoms with Crippen molar-refractivity contribution in [1.29, 1.82) is 0 Å². The van der Waals surface area contributed by atoms with E-state index in [1.54, 1.807) is 54.6 Å². The first-order valence-electron chi connectivity index (χ1n) is 12.4. The molecule has 6 aromatic rings. The monoisotopic (exact) mass is 662 g/mol. The summed E-state index contributed by atoms with van der Waals surface area (Å²) in [5, 5.41) is 17.0. The van der Waals surface area contributed by atoms with E-state index in [0.717, 1.165) is 9.86 Å². The average molecular weight is 664 g/mol. The summed E-state index contributed by atoms with van der Waals surface area (Å²) in [6.07, 6.45) is 1.44. The lowest BCUT2D eigenvalue weighted by atomic mass is 10.2. The van der Waals surface area contributed by atoms with Gasteiger partial charge in [-0.05, 0) is 71.8 Å². The molecule has 208 valence electrons. The fourth-order valence-electron chi connectivity index (χ4n) is 4.30. The molecule has 0 aliphatic rings. The van der Waals surface area contributed by atoms with Gasteiger partial charge in [0.1, 0.15) is 12.2 Å². The minimum absolute atomic E-state index is 0.0178. The fourth-order valence-corrected chi connectivity index (χ4v) is 5.29. The third kappa shape index (κ3) is 5.52. The minimum atomic E-state index is -0.473. The van der Waals surface area contributed by atoms with Gasteiger partial charge in [-0.2, -0.15) is 9.78 Å². The lowest BCUT2D eigenvalue weighted by molar-refractivity contribution is -0.384. The number of benzene rings is 4. The van der Waals surface area contributed by atoms with Crippen LogP contribution in [-0.4, -0.2) is 20.8 Å². The molecule has 0 saturated carbocycles. The van der Waals surface area contributed by atoms with Crippen molar-refractivity contribution >= 4 is 72.9 Å². The number of furan rings is 1. The molecule has 0 aliphatic carbocycles. The summed E-state index contributed by atoms with van der Waals surface area (Å²) < 4.78 is 13.9. The molecule has 0 saturated heterocycles. The maximum absolute atomic E-state index is 13.5. The van der Waals surface area contributed by atoms with Crippen molar-refractivity contribution in [2.24, 2.45) is 5.10 Å². The Bertz CT molecular complexity index is 2070. The van der Waals surface area contributed by atoms with Crippen LogP contribution in [0.3, 0.4) is 0 Å². The minimum Gasteiger partial charge on any atom is -0.486 e. The van der Waals surface area contributed by atoms with Crippen molar-refractivity contribution in [3.05, 3.63) is 131 Å². The number of ether oxygens (including phenoxy) is 1. The standard InChI is InChI=1S/C30H17BrCl2N4O5/c31-20-7-10-26-19(13-20)14-27(42-26)29-35-25-4-2-1-3-22(25)30(38)36(29)34-15-18-11-23(32)28(24(33)12-18)41-16-17-5-8-21(9-6-17)37(39)40/h1-15H,16H2. The highest BCUT2D eigenvalue weighted by Crippen LogP contribution is 2.35. The van der Waals surface area contributed by atoms with Gasteiger partial charge in [0.2, 0.25) is 5.82 Å². The van der Waals surface area contributed by atoms with Crippen LogP contribution in [0.5, 0.6) is 5.75 Å². The number of non-ortho nitro benzene ring substituents is 1. The van der Waals surface area contributed by atoms with Gasteiger partial charge in [0, 0.05) is 22.0 Å². The average Bonchev–Trinajstić information content (AvgIpc) is 3.39. The van der Waals surface area contributed by atoms with Crippen LogP contribution in [0, 0.1) is 10.1 Å². The topological polar surface area (TPSA) is 113 Å². The normalized spacial score (nSPS) is 11.5. The van der Waals surface area contributed by atoms with Crippen LogP contribution in [0.2, 0.25) is 10.0 Å². The summed E-state index contributed by atoms with van der Waals surface area (Å²) in [6.45, 7) is 0.0977. The summed E-state index contributed by atoms with van der Waals surface area (Å²) in [6, 6.07) is 23.5. The van der Waals surface area contributed by atoms with Crippen molar-refractivity contribution < 1.29 is 14.1 Å². The highest BCUT2D eigenvalue weighted by atomic mass is 79.9. The predicted molar refractivity (Wildman–Crippen MR) is 166 cm³/mol. The van der Waals surface area contributed by atoms with Crippen LogP contribution in [0.4, 0.5) is 5.69 Å². The molecule has 12 heteroatoms. The first kappa shape index (κ1) is 27.6. The lowest BCUT2D eigenvalue weighted by Gasteiger charge is -2.11. The van der Waals surface area contributed by atoms with Crippen LogP contribution in [0.1, 0.15) is 11.1 Å². The Labute approximate surface area is 255 Å². The van der Waals surface area contributed by atoms with Crippen molar-refractivity contribution in [2.45, 2.75) is 6.61 Å². The Morgan fingerprint density at radius 2 is 1.76 bits per heavy atom. The zero-order chi connectivity index (χ0) is 29.4. The molecular weight excluding hydrogens is 647 g/mol. The molecule has 0 aliphatic heterocycles. The molecule has 6 rings (SSSR count). The molecule has 0 bridgehead atoms. The number of hydrogen-bond donors (Lipinski definition) is 0. The van der Waals surface area contributed by atoms with Gasteiger partial charge in [-0.1, -0.05) is 51.3 Å². The Balaban J connectivity index is 1.34. The molecule has 0 radical (unpaired) electrons. The van der Waals surface area contributed by atoms with Gasteiger partial charge in [-0.25, -0.2) is 4.98 Å². The Kier molecular flexibility index (Phi) is 7.51. The third-order valence-electron chi connectivity index (χ3n) is 6.33. The zero-order valence-electron chi connectivity index (χ0n) is 21.3. The van der Waals surface area contributed by atoms with E-state index in [4.69, 9.17) is 32.4 Å². The summed E-state index contributed by atoms with van der Waals surface area (Å²) in [7, 11) is 0. The largest absolute Gasteiger partial charge is 0.486 e. The molecule has 42 heavy (non-hydrogen) atoms. The molecule has 4 aromatic carbocycles. The second-order valence-electron chi connectivity index (χ2n) is 9.13. The molecule has 9 nitrogen and oxygen atoms in total. The maximum atomic E-state index is 13.5. The van der Waals surface area contributed by atoms with Gasteiger partial charge in [0.15, 0.2) is 11.5 Å². The van der Waals surface area contributed by atoms with Gasteiger partial charge < -0.3 is 9.15 Å². The van der Waals surface area contributed by atoms with Gasteiger partial charge >= 0.3 is 0 Å². The first-order chi connectivity index (χ1) is 20.3. The summed E-state index contributed by atoms with van der Waals surface area (Å²) in [5.41, 5.74) is 1.95. The van der Waals surface area contributed by atoms with Crippen LogP contribution >= 0.6 is 39.1 Å². The van der Waals surface area contributed by atoms with Crippen LogP contribution in [0.15, 0.2) is 104 Å². The Hall–Kier alpha value is -4.51. The molecule has 2 heterocycles. The summed E-state index contributed by atoms with van der Waals surface area (Å²) >= 11 is 16.4.